The Bertz CT molecular complexity index is 904. The first-order valence-electron chi connectivity index (χ1n) is 9.40. The minimum Gasteiger partial charge on any atom is -0.458 e. The quantitative estimate of drug-likeness (QED) is 0.685. The van der Waals surface area contributed by atoms with E-state index >= 15 is 0 Å². The van der Waals surface area contributed by atoms with Crippen LogP contribution in [0.2, 0.25) is 0 Å². The molecular formula is C21H24FNO4S. The fourth-order valence-corrected chi connectivity index (χ4v) is 4.76. The number of benzene rings is 2. The molecule has 1 aliphatic rings. The molecule has 2 aromatic carbocycles. The number of hydrogen-bond acceptors (Lipinski definition) is 4. The summed E-state index contributed by atoms with van der Waals surface area (Å²) < 4.78 is 45.2. The summed E-state index contributed by atoms with van der Waals surface area (Å²) in [7, 11) is -3.48. The maximum Gasteiger partial charge on any atom is 0.310 e. The third-order valence-electron chi connectivity index (χ3n) is 4.87. The second kappa shape index (κ2) is 8.84. The van der Waals surface area contributed by atoms with Crippen molar-refractivity contribution in [3.63, 3.8) is 0 Å². The summed E-state index contributed by atoms with van der Waals surface area (Å²) in [6.07, 6.45) is 2.37. The van der Waals surface area contributed by atoms with Gasteiger partial charge >= 0.3 is 5.97 Å². The van der Waals surface area contributed by atoms with Gasteiger partial charge in [0.05, 0.1) is 11.3 Å². The monoisotopic (exact) mass is 405 g/mol. The number of ether oxygens (including phenoxy) is 1. The van der Waals surface area contributed by atoms with Crippen LogP contribution in [0.5, 0.6) is 0 Å². The van der Waals surface area contributed by atoms with Crippen molar-refractivity contribution < 1.29 is 22.3 Å². The zero-order chi connectivity index (χ0) is 20.1. The standard InChI is InChI=1S/C21H24FNO4S/c1-16(18-7-9-19(22)10-8-18)27-21(24)15-17-5-11-20(12-6-17)28(25,26)23-13-3-2-4-14-23/h5-12,16H,2-4,13-15H2,1H3/t16-/m0/s1. The van der Waals surface area contributed by atoms with E-state index in [0.717, 1.165) is 19.3 Å². The lowest BCUT2D eigenvalue weighted by atomic mass is 10.1. The summed E-state index contributed by atoms with van der Waals surface area (Å²) in [6, 6.07) is 12.1. The molecule has 0 N–H and O–H groups in total. The fraction of sp³-hybridized carbons (Fsp3) is 0.381. The molecule has 1 fully saturated rings. The number of rotatable bonds is 6. The zero-order valence-electron chi connectivity index (χ0n) is 15.8. The maximum atomic E-state index is 13.0. The molecule has 1 saturated heterocycles. The van der Waals surface area contributed by atoms with Crippen LogP contribution in [0.1, 0.15) is 43.4 Å². The molecule has 0 spiro atoms. The van der Waals surface area contributed by atoms with E-state index in [2.05, 4.69) is 0 Å². The molecule has 7 heteroatoms. The molecule has 0 amide bonds. The molecular weight excluding hydrogens is 381 g/mol. The minimum absolute atomic E-state index is 0.0373. The van der Waals surface area contributed by atoms with Gasteiger partial charge in [-0.15, -0.1) is 0 Å². The Morgan fingerprint density at radius 1 is 1.04 bits per heavy atom. The highest BCUT2D eigenvalue weighted by molar-refractivity contribution is 7.89. The van der Waals surface area contributed by atoms with Crippen molar-refractivity contribution in [3.8, 4) is 0 Å². The van der Waals surface area contributed by atoms with Crippen molar-refractivity contribution in [2.45, 2.75) is 43.6 Å². The zero-order valence-corrected chi connectivity index (χ0v) is 16.6. The molecule has 1 aliphatic heterocycles. The SMILES string of the molecule is C[C@H](OC(=O)Cc1ccc(S(=O)(=O)N2CCCCC2)cc1)c1ccc(F)cc1. The van der Waals surface area contributed by atoms with E-state index in [4.69, 9.17) is 4.74 Å². The van der Waals surface area contributed by atoms with Crippen LogP contribution >= 0.6 is 0 Å². The van der Waals surface area contributed by atoms with Crippen molar-refractivity contribution in [1.82, 2.24) is 4.31 Å². The lowest BCUT2D eigenvalue weighted by Crippen LogP contribution is -2.35. The van der Waals surface area contributed by atoms with E-state index in [1.807, 2.05) is 0 Å². The van der Waals surface area contributed by atoms with Crippen LogP contribution in [0.4, 0.5) is 4.39 Å². The minimum atomic E-state index is -3.48. The number of carbonyl (C=O) groups excluding carboxylic acids is 1. The number of carbonyl (C=O) groups is 1. The number of piperidine rings is 1. The molecule has 0 aromatic heterocycles. The van der Waals surface area contributed by atoms with Crippen molar-refractivity contribution in [2.24, 2.45) is 0 Å². The van der Waals surface area contributed by atoms with Gasteiger partial charge in [0.1, 0.15) is 11.9 Å². The van der Waals surface area contributed by atoms with Gasteiger partial charge in [0, 0.05) is 13.1 Å². The Kier molecular flexibility index (Phi) is 6.46. The summed E-state index contributed by atoms with van der Waals surface area (Å²) in [5.74, 6) is -0.773. The highest BCUT2D eigenvalue weighted by Gasteiger charge is 2.25. The van der Waals surface area contributed by atoms with E-state index in [1.54, 1.807) is 31.2 Å². The fourth-order valence-electron chi connectivity index (χ4n) is 3.24. The van der Waals surface area contributed by atoms with E-state index < -0.39 is 22.1 Å². The second-order valence-electron chi connectivity index (χ2n) is 6.97. The van der Waals surface area contributed by atoms with Crippen molar-refractivity contribution in [2.75, 3.05) is 13.1 Å². The topological polar surface area (TPSA) is 63.7 Å². The van der Waals surface area contributed by atoms with Gasteiger partial charge in [-0.3, -0.25) is 4.79 Å². The molecule has 2 aromatic rings. The molecule has 0 bridgehead atoms. The first-order chi connectivity index (χ1) is 13.4. The molecule has 28 heavy (non-hydrogen) atoms. The number of hydrogen-bond donors (Lipinski definition) is 0. The number of halogens is 1. The van der Waals surface area contributed by atoms with Crippen LogP contribution in [-0.4, -0.2) is 31.8 Å². The summed E-state index contributed by atoms with van der Waals surface area (Å²) >= 11 is 0. The highest BCUT2D eigenvalue weighted by Crippen LogP contribution is 2.22. The molecule has 0 radical (unpaired) electrons. The predicted molar refractivity (Wildman–Crippen MR) is 104 cm³/mol. The summed E-state index contributed by atoms with van der Waals surface area (Å²) in [5, 5.41) is 0. The Hall–Kier alpha value is -2.25. The van der Waals surface area contributed by atoms with Gasteiger partial charge in [-0.05, 0) is 55.2 Å². The summed E-state index contributed by atoms with van der Waals surface area (Å²) in [6.45, 7) is 2.83. The van der Waals surface area contributed by atoms with Gasteiger partial charge in [-0.2, -0.15) is 4.31 Å². The van der Waals surface area contributed by atoms with E-state index in [1.165, 1.54) is 28.6 Å². The molecule has 3 rings (SSSR count). The normalized spacial score (nSPS) is 16.5. The van der Waals surface area contributed by atoms with Crippen molar-refractivity contribution in [1.29, 1.82) is 0 Å². The molecule has 0 aliphatic carbocycles. The molecule has 150 valence electrons. The Balaban J connectivity index is 1.60. The van der Waals surface area contributed by atoms with Gasteiger partial charge < -0.3 is 4.74 Å². The maximum absolute atomic E-state index is 13.0. The first kappa shape index (κ1) is 20.5. The van der Waals surface area contributed by atoms with Crippen molar-refractivity contribution >= 4 is 16.0 Å². The summed E-state index contributed by atoms with van der Waals surface area (Å²) in [4.78, 5) is 12.4. The van der Waals surface area contributed by atoms with Crippen LogP contribution in [0.25, 0.3) is 0 Å². The molecule has 1 heterocycles. The Morgan fingerprint density at radius 2 is 1.64 bits per heavy atom. The van der Waals surface area contributed by atoms with E-state index in [-0.39, 0.29) is 17.1 Å². The van der Waals surface area contributed by atoms with Crippen LogP contribution in [-0.2, 0) is 26.0 Å². The van der Waals surface area contributed by atoms with E-state index in [0.29, 0.717) is 24.2 Å². The van der Waals surface area contributed by atoms with Gasteiger partial charge in [0.25, 0.3) is 0 Å². The number of esters is 1. The van der Waals surface area contributed by atoms with Crippen LogP contribution in [0.15, 0.2) is 53.4 Å². The van der Waals surface area contributed by atoms with Crippen LogP contribution in [0, 0.1) is 5.82 Å². The highest BCUT2D eigenvalue weighted by atomic mass is 32.2. The number of sulfonamides is 1. The van der Waals surface area contributed by atoms with Crippen LogP contribution in [0.3, 0.4) is 0 Å². The third kappa shape index (κ3) is 4.97. The van der Waals surface area contributed by atoms with Gasteiger partial charge in [0.2, 0.25) is 10.0 Å². The predicted octanol–water partition coefficient (Wildman–Crippen LogP) is 3.85. The average Bonchev–Trinajstić information content (AvgIpc) is 2.69. The van der Waals surface area contributed by atoms with Gasteiger partial charge in [-0.1, -0.05) is 30.7 Å². The van der Waals surface area contributed by atoms with Gasteiger partial charge in [0.15, 0.2) is 0 Å². The van der Waals surface area contributed by atoms with Gasteiger partial charge in [-0.25, -0.2) is 12.8 Å². The van der Waals surface area contributed by atoms with Crippen molar-refractivity contribution in [3.05, 3.63) is 65.5 Å². The third-order valence-corrected chi connectivity index (χ3v) is 6.79. The molecule has 5 nitrogen and oxygen atoms in total. The smallest absolute Gasteiger partial charge is 0.310 e. The van der Waals surface area contributed by atoms with Crippen LogP contribution < -0.4 is 0 Å². The molecule has 0 unspecified atom stereocenters. The lowest BCUT2D eigenvalue weighted by Gasteiger charge is -2.25. The molecule has 0 saturated carbocycles. The Labute approximate surface area is 165 Å². The Morgan fingerprint density at radius 3 is 2.25 bits per heavy atom. The second-order valence-corrected chi connectivity index (χ2v) is 8.91. The average molecular weight is 405 g/mol. The molecule has 1 atom stereocenters. The first-order valence-corrected chi connectivity index (χ1v) is 10.8. The lowest BCUT2D eigenvalue weighted by molar-refractivity contribution is -0.147. The number of nitrogens with zero attached hydrogens (tertiary/aromatic N) is 1. The largest absolute Gasteiger partial charge is 0.458 e. The summed E-state index contributed by atoms with van der Waals surface area (Å²) in [5.41, 5.74) is 1.38. The van der Waals surface area contributed by atoms with E-state index in [9.17, 15) is 17.6 Å².